The van der Waals surface area contributed by atoms with E-state index in [4.69, 9.17) is 4.74 Å². The number of rotatable bonds is 6. The molecule has 5 heteroatoms. The Morgan fingerprint density at radius 2 is 1.83 bits per heavy atom. The molecule has 0 atom stereocenters. The van der Waals surface area contributed by atoms with Crippen molar-refractivity contribution in [3.05, 3.63) is 64.2 Å². The summed E-state index contributed by atoms with van der Waals surface area (Å²) in [6.07, 6.45) is 0.861. The van der Waals surface area contributed by atoms with Crippen LogP contribution in [0.2, 0.25) is 0 Å². The third kappa shape index (κ3) is 4.35. The van der Waals surface area contributed by atoms with Crippen molar-refractivity contribution in [3.8, 4) is 0 Å². The Labute approximate surface area is 145 Å². The van der Waals surface area contributed by atoms with Crippen LogP contribution in [-0.2, 0) is 17.6 Å². The Morgan fingerprint density at radius 1 is 1.12 bits per heavy atom. The SMILES string of the molecule is CCSc1cc(CCc2ccc(F)cc2C(=O)OC)c(F)cc1C. The number of aryl methyl sites for hydroxylation is 3. The Morgan fingerprint density at radius 3 is 2.50 bits per heavy atom. The zero-order chi connectivity index (χ0) is 17.7. The predicted octanol–water partition coefficient (Wildman–Crippen LogP) is 4.96. The molecule has 0 aliphatic heterocycles. The Balaban J connectivity index is 2.25. The molecule has 0 saturated carbocycles. The average Bonchev–Trinajstić information content (AvgIpc) is 2.56. The topological polar surface area (TPSA) is 26.3 Å². The van der Waals surface area contributed by atoms with Gasteiger partial charge in [-0.1, -0.05) is 13.0 Å². The highest BCUT2D eigenvalue weighted by Crippen LogP contribution is 2.26. The third-order valence-corrected chi connectivity index (χ3v) is 4.82. The van der Waals surface area contributed by atoms with Gasteiger partial charge in [-0.3, -0.25) is 0 Å². The van der Waals surface area contributed by atoms with E-state index in [1.807, 2.05) is 19.9 Å². The standard InChI is InChI=1S/C19H20F2O2S/c1-4-24-18-10-14(17(21)9-12(18)2)6-5-13-7-8-15(20)11-16(13)19(22)23-3/h7-11H,4-6H2,1-3H3. The van der Waals surface area contributed by atoms with Gasteiger partial charge in [-0.15, -0.1) is 11.8 Å². The van der Waals surface area contributed by atoms with Crippen molar-refractivity contribution in [1.82, 2.24) is 0 Å². The predicted molar refractivity (Wildman–Crippen MR) is 92.7 cm³/mol. The molecule has 2 aromatic carbocycles. The normalized spacial score (nSPS) is 10.7. The minimum atomic E-state index is -0.587. The number of carbonyl (C=O) groups excluding carboxylic acids is 1. The zero-order valence-electron chi connectivity index (χ0n) is 14.0. The van der Waals surface area contributed by atoms with E-state index in [1.54, 1.807) is 23.9 Å². The van der Waals surface area contributed by atoms with Crippen molar-refractivity contribution in [2.45, 2.75) is 31.6 Å². The summed E-state index contributed by atoms with van der Waals surface area (Å²) in [6.45, 7) is 3.94. The van der Waals surface area contributed by atoms with Gasteiger partial charge in [-0.25, -0.2) is 13.6 Å². The highest BCUT2D eigenvalue weighted by molar-refractivity contribution is 7.99. The first kappa shape index (κ1) is 18.5. The number of methoxy groups -OCH3 is 1. The van der Waals surface area contributed by atoms with Crippen molar-refractivity contribution in [2.75, 3.05) is 12.9 Å². The van der Waals surface area contributed by atoms with E-state index < -0.39 is 11.8 Å². The van der Waals surface area contributed by atoms with Crippen LogP contribution in [0.15, 0.2) is 35.2 Å². The second-order valence-electron chi connectivity index (χ2n) is 5.44. The van der Waals surface area contributed by atoms with Crippen LogP contribution in [0, 0.1) is 18.6 Å². The van der Waals surface area contributed by atoms with Gasteiger partial charge in [0.2, 0.25) is 0 Å². The number of esters is 1. The highest BCUT2D eigenvalue weighted by Gasteiger charge is 2.14. The van der Waals surface area contributed by atoms with Gasteiger partial charge in [0.15, 0.2) is 0 Å². The van der Waals surface area contributed by atoms with Gasteiger partial charge in [0.1, 0.15) is 11.6 Å². The molecule has 0 radical (unpaired) electrons. The van der Waals surface area contributed by atoms with E-state index in [-0.39, 0.29) is 11.4 Å². The molecule has 0 spiro atoms. The molecule has 24 heavy (non-hydrogen) atoms. The molecule has 0 aliphatic carbocycles. The third-order valence-electron chi connectivity index (χ3n) is 3.78. The molecule has 0 aliphatic rings. The quantitative estimate of drug-likeness (QED) is 0.544. The fraction of sp³-hybridized carbons (Fsp3) is 0.316. The van der Waals surface area contributed by atoms with Crippen LogP contribution in [0.1, 0.15) is 34.0 Å². The molecule has 0 N–H and O–H groups in total. The molecule has 0 amide bonds. The molecule has 0 aromatic heterocycles. The summed E-state index contributed by atoms with van der Waals surface area (Å²) in [7, 11) is 1.25. The summed E-state index contributed by atoms with van der Waals surface area (Å²) in [5, 5.41) is 0. The molecule has 128 valence electrons. The van der Waals surface area contributed by atoms with Crippen LogP contribution >= 0.6 is 11.8 Å². The number of hydrogen-bond acceptors (Lipinski definition) is 3. The molecule has 0 unspecified atom stereocenters. The van der Waals surface area contributed by atoms with Crippen molar-refractivity contribution in [3.63, 3.8) is 0 Å². The zero-order valence-corrected chi connectivity index (χ0v) is 14.8. The lowest BCUT2D eigenvalue weighted by atomic mass is 9.98. The molecular weight excluding hydrogens is 330 g/mol. The Bertz CT molecular complexity index is 744. The van der Waals surface area contributed by atoms with Crippen LogP contribution in [-0.4, -0.2) is 18.8 Å². The van der Waals surface area contributed by atoms with Gasteiger partial charge in [-0.2, -0.15) is 0 Å². The van der Waals surface area contributed by atoms with Gasteiger partial charge in [0.05, 0.1) is 12.7 Å². The molecule has 0 heterocycles. The van der Waals surface area contributed by atoms with Crippen molar-refractivity contribution < 1.29 is 18.3 Å². The fourth-order valence-electron chi connectivity index (χ4n) is 2.53. The molecule has 0 bridgehead atoms. The number of halogens is 2. The minimum absolute atomic E-state index is 0.188. The largest absolute Gasteiger partial charge is 0.465 e. The Kier molecular flexibility index (Phi) is 6.37. The van der Waals surface area contributed by atoms with Crippen molar-refractivity contribution in [1.29, 1.82) is 0 Å². The monoisotopic (exact) mass is 350 g/mol. The van der Waals surface area contributed by atoms with E-state index in [9.17, 15) is 13.6 Å². The first-order valence-corrected chi connectivity index (χ1v) is 8.73. The number of ether oxygens (including phenoxy) is 1. The first-order valence-electron chi connectivity index (χ1n) is 7.74. The molecule has 2 nitrogen and oxygen atoms in total. The van der Waals surface area contributed by atoms with Gasteiger partial charge >= 0.3 is 5.97 Å². The smallest absolute Gasteiger partial charge is 0.338 e. The van der Waals surface area contributed by atoms with E-state index >= 15 is 0 Å². The van der Waals surface area contributed by atoms with Crippen LogP contribution in [0.5, 0.6) is 0 Å². The van der Waals surface area contributed by atoms with Gasteiger partial charge in [0.25, 0.3) is 0 Å². The summed E-state index contributed by atoms with van der Waals surface area (Å²) in [5.41, 5.74) is 2.35. The number of benzene rings is 2. The summed E-state index contributed by atoms with van der Waals surface area (Å²) in [6, 6.07) is 7.41. The lowest BCUT2D eigenvalue weighted by Crippen LogP contribution is -2.08. The van der Waals surface area contributed by atoms with E-state index in [2.05, 4.69) is 0 Å². The maximum absolute atomic E-state index is 14.2. The number of carbonyl (C=O) groups is 1. The van der Waals surface area contributed by atoms with Gasteiger partial charge in [0, 0.05) is 4.90 Å². The lowest BCUT2D eigenvalue weighted by Gasteiger charge is -2.11. The first-order chi connectivity index (χ1) is 11.5. The fourth-order valence-corrected chi connectivity index (χ4v) is 3.36. The number of thioether (sulfide) groups is 1. The maximum Gasteiger partial charge on any atom is 0.338 e. The second kappa shape index (κ2) is 8.29. The maximum atomic E-state index is 14.2. The van der Waals surface area contributed by atoms with Gasteiger partial charge in [-0.05, 0) is 66.5 Å². The van der Waals surface area contributed by atoms with Crippen LogP contribution < -0.4 is 0 Å². The van der Waals surface area contributed by atoms with E-state index in [1.165, 1.54) is 13.2 Å². The van der Waals surface area contributed by atoms with Crippen molar-refractivity contribution >= 4 is 17.7 Å². The van der Waals surface area contributed by atoms with Gasteiger partial charge < -0.3 is 4.74 Å². The lowest BCUT2D eigenvalue weighted by molar-refractivity contribution is 0.0599. The average molecular weight is 350 g/mol. The van der Waals surface area contributed by atoms with E-state index in [0.717, 1.165) is 22.3 Å². The summed E-state index contributed by atoms with van der Waals surface area (Å²) in [4.78, 5) is 12.8. The van der Waals surface area contributed by atoms with Crippen LogP contribution in [0.4, 0.5) is 8.78 Å². The molecular formula is C19H20F2O2S. The van der Waals surface area contributed by atoms with Crippen molar-refractivity contribution in [2.24, 2.45) is 0 Å². The molecule has 2 aromatic rings. The summed E-state index contributed by atoms with van der Waals surface area (Å²) in [5.74, 6) is -0.427. The number of hydrogen-bond donors (Lipinski definition) is 0. The second-order valence-corrected chi connectivity index (χ2v) is 6.74. The van der Waals surface area contributed by atoms with E-state index in [0.29, 0.717) is 24.0 Å². The van der Waals surface area contributed by atoms with Crippen LogP contribution in [0.25, 0.3) is 0 Å². The molecule has 0 saturated heterocycles. The summed E-state index contributed by atoms with van der Waals surface area (Å²) >= 11 is 1.67. The Hall–Kier alpha value is -1.88. The van der Waals surface area contributed by atoms with Crippen LogP contribution in [0.3, 0.4) is 0 Å². The summed E-state index contributed by atoms with van der Waals surface area (Å²) < 4.78 is 32.3. The minimum Gasteiger partial charge on any atom is -0.465 e. The highest BCUT2D eigenvalue weighted by atomic mass is 32.2. The molecule has 0 fully saturated rings. The molecule has 2 rings (SSSR count).